The van der Waals surface area contributed by atoms with Crippen molar-refractivity contribution in [3.63, 3.8) is 0 Å². The number of ether oxygens (including phenoxy) is 1. The molecule has 0 aromatic heterocycles. The van der Waals surface area contributed by atoms with E-state index in [0.717, 1.165) is 11.1 Å². The lowest BCUT2D eigenvalue weighted by atomic mass is 10.0. The molecule has 13 nitrogen and oxygen atoms in total. The zero-order valence-electron chi connectivity index (χ0n) is 19.3. The monoisotopic (exact) mass is 500 g/mol. The Morgan fingerprint density at radius 1 is 1.00 bits per heavy atom. The van der Waals surface area contributed by atoms with Gasteiger partial charge in [-0.3, -0.25) is 4.79 Å². The quantitative estimate of drug-likeness (QED) is 0.0874. The van der Waals surface area contributed by atoms with E-state index >= 15 is 0 Å². The summed E-state index contributed by atoms with van der Waals surface area (Å²) in [5.74, 6) is -2.41. The fourth-order valence-electron chi connectivity index (χ4n) is 3.12. The highest BCUT2D eigenvalue weighted by atomic mass is 16.7. The van der Waals surface area contributed by atoms with E-state index in [-0.39, 0.29) is 32.4 Å². The molecular formula is C23H28N6O7. The van der Waals surface area contributed by atoms with E-state index in [1.54, 1.807) is 60.0 Å². The fraction of sp³-hybridized carbons (Fsp3) is 0.304. The van der Waals surface area contributed by atoms with E-state index in [4.69, 9.17) is 10.5 Å². The summed E-state index contributed by atoms with van der Waals surface area (Å²) in [6.45, 7) is 0.00286. The van der Waals surface area contributed by atoms with Crippen molar-refractivity contribution in [2.75, 3.05) is 6.54 Å². The van der Waals surface area contributed by atoms with Crippen LogP contribution in [0.4, 0.5) is 4.79 Å². The molecule has 0 aliphatic carbocycles. The lowest BCUT2D eigenvalue weighted by Crippen LogP contribution is -2.52. The maximum atomic E-state index is 13.0. The highest BCUT2D eigenvalue weighted by molar-refractivity contribution is 5.89. The van der Waals surface area contributed by atoms with Crippen LogP contribution in [0.1, 0.15) is 24.0 Å². The summed E-state index contributed by atoms with van der Waals surface area (Å²) in [7, 11) is 0. The van der Waals surface area contributed by atoms with Crippen molar-refractivity contribution < 1.29 is 29.3 Å². The Balaban J connectivity index is 2.00. The van der Waals surface area contributed by atoms with Gasteiger partial charge in [-0.15, -0.1) is 0 Å². The number of benzene rings is 2. The number of carboxylic acids is 1. The average molecular weight is 501 g/mol. The minimum Gasteiger partial charge on any atom is -0.480 e. The molecule has 0 aliphatic rings. The second-order valence-electron chi connectivity index (χ2n) is 7.63. The number of carbonyl (C=O) groups excluding carboxylic acids is 2. The van der Waals surface area contributed by atoms with Crippen LogP contribution in [0.3, 0.4) is 0 Å². The van der Waals surface area contributed by atoms with Crippen molar-refractivity contribution in [3.8, 4) is 0 Å². The highest BCUT2D eigenvalue weighted by Crippen LogP contribution is 2.07. The van der Waals surface area contributed by atoms with Gasteiger partial charge in [-0.05, 0) is 24.0 Å². The van der Waals surface area contributed by atoms with Crippen LogP contribution in [0.2, 0.25) is 0 Å². The molecule has 2 rings (SSSR count). The number of hydrogen-bond acceptors (Lipinski definition) is 7. The molecule has 2 aromatic carbocycles. The van der Waals surface area contributed by atoms with Crippen LogP contribution in [0.25, 0.3) is 0 Å². The Morgan fingerprint density at radius 3 is 2.19 bits per heavy atom. The minimum atomic E-state index is -1.28. The van der Waals surface area contributed by atoms with Crippen molar-refractivity contribution in [3.05, 3.63) is 81.9 Å². The zero-order chi connectivity index (χ0) is 26.3. The first kappa shape index (κ1) is 27.6. The number of aliphatic imine (C=N–C) groups is 1. The second kappa shape index (κ2) is 14.6. The highest BCUT2D eigenvalue weighted by Gasteiger charge is 2.27. The number of rotatable bonds is 13. The second-order valence-corrected chi connectivity index (χ2v) is 7.63. The molecule has 13 heteroatoms. The van der Waals surface area contributed by atoms with E-state index in [2.05, 4.69) is 15.6 Å². The Labute approximate surface area is 206 Å². The van der Waals surface area contributed by atoms with Crippen LogP contribution in [-0.4, -0.2) is 52.7 Å². The number of hydrazine groups is 1. The van der Waals surface area contributed by atoms with Gasteiger partial charge in [0.2, 0.25) is 5.91 Å². The largest absolute Gasteiger partial charge is 0.480 e. The predicted molar refractivity (Wildman–Crippen MR) is 129 cm³/mol. The normalized spacial score (nSPS) is 12.6. The molecule has 0 aliphatic heterocycles. The van der Waals surface area contributed by atoms with Crippen molar-refractivity contribution in [1.82, 2.24) is 16.1 Å². The lowest BCUT2D eigenvalue weighted by Gasteiger charge is -2.21. The zero-order valence-corrected chi connectivity index (χ0v) is 19.3. The van der Waals surface area contributed by atoms with Gasteiger partial charge < -0.3 is 26.2 Å². The summed E-state index contributed by atoms with van der Waals surface area (Å²) in [4.78, 5) is 51.0. The van der Waals surface area contributed by atoms with Gasteiger partial charge >= 0.3 is 12.1 Å². The van der Waals surface area contributed by atoms with Gasteiger partial charge in [0.25, 0.3) is 5.96 Å². The summed E-state index contributed by atoms with van der Waals surface area (Å²) < 4.78 is 5.20. The summed E-state index contributed by atoms with van der Waals surface area (Å²) in [6.07, 6.45) is -0.572. The van der Waals surface area contributed by atoms with Gasteiger partial charge in [0.1, 0.15) is 18.7 Å². The number of amides is 2. The smallest absolute Gasteiger partial charge is 0.408 e. The molecule has 6 N–H and O–H groups in total. The summed E-state index contributed by atoms with van der Waals surface area (Å²) >= 11 is 0. The van der Waals surface area contributed by atoms with Crippen molar-refractivity contribution in [1.29, 1.82) is 0 Å². The molecule has 192 valence electrons. The Morgan fingerprint density at radius 2 is 1.61 bits per heavy atom. The van der Waals surface area contributed by atoms with Crippen molar-refractivity contribution in [2.24, 2.45) is 10.7 Å². The number of aliphatic carboxylic acids is 1. The van der Waals surface area contributed by atoms with E-state index in [1.165, 1.54) is 0 Å². The first-order chi connectivity index (χ1) is 17.2. The molecule has 0 heterocycles. The molecule has 0 unspecified atom stereocenters. The molecule has 0 saturated carbocycles. The minimum absolute atomic E-state index is 0.000939. The van der Waals surface area contributed by atoms with Gasteiger partial charge in [0, 0.05) is 13.0 Å². The number of carbonyl (C=O) groups is 3. The van der Waals surface area contributed by atoms with Crippen LogP contribution in [0.5, 0.6) is 0 Å². The number of nitro groups is 1. The van der Waals surface area contributed by atoms with E-state index in [0.29, 0.717) is 0 Å². The summed E-state index contributed by atoms with van der Waals surface area (Å²) in [5, 5.41) is 23.9. The molecular weight excluding hydrogens is 472 g/mol. The number of carboxylic acid groups (broad SMARTS) is 1. The number of nitrogens with zero attached hydrogens (tertiary/aromatic N) is 2. The molecule has 0 fully saturated rings. The number of alkyl carbamates (subject to hydrolysis) is 1. The van der Waals surface area contributed by atoms with Gasteiger partial charge in [0.05, 0.1) is 0 Å². The Kier molecular flexibility index (Phi) is 11.1. The Bertz CT molecular complexity index is 1050. The molecule has 0 saturated heterocycles. The van der Waals surface area contributed by atoms with Crippen LogP contribution < -0.4 is 21.8 Å². The van der Waals surface area contributed by atoms with Crippen LogP contribution >= 0.6 is 0 Å². The third kappa shape index (κ3) is 10.5. The molecule has 0 spiro atoms. The standard InChI is InChI=1S/C23H28N6O7/c24-22(28-29(34)35)25-13-7-12-18(21(31)32)26-20(30)19(14-16-8-3-1-4-9-16)27-23(33)36-15-17-10-5-2-6-11-17/h1-6,8-11,18-19H,7,12-15H2,(H,26,30)(H,27,33)(H,31,32)(H3,24,25,28)/t18-,19-/m0/s1. The number of nitrogens with one attached hydrogen (secondary N) is 3. The van der Waals surface area contributed by atoms with E-state index in [1.807, 2.05) is 6.07 Å². The molecule has 2 amide bonds. The molecule has 0 bridgehead atoms. The number of hydrogen-bond donors (Lipinski definition) is 5. The van der Waals surface area contributed by atoms with Gasteiger partial charge in [-0.25, -0.2) is 24.7 Å². The van der Waals surface area contributed by atoms with Gasteiger partial charge in [-0.2, -0.15) is 0 Å². The predicted octanol–water partition coefficient (Wildman–Crippen LogP) is 0.970. The van der Waals surface area contributed by atoms with Crippen LogP contribution in [0, 0.1) is 10.1 Å². The SMILES string of the molecule is NC(=NCCC[C@H](NC(=O)[C@H](Cc1ccccc1)NC(=O)OCc1ccccc1)C(=O)O)N[N+](=O)[O-]. The summed E-state index contributed by atoms with van der Waals surface area (Å²) in [5.41, 5.74) is 8.50. The first-order valence-corrected chi connectivity index (χ1v) is 11.0. The Hall–Kier alpha value is -4.68. The first-order valence-electron chi connectivity index (χ1n) is 11.0. The number of nitrogens with two attached hydrogens (primary N) is 1. The molecule has 36 heavy (non-hydrogen) atoms. The van der Waals surface area contributed by atoms with Gasteiger partial charge in [-0.1, -0.05) is 66.1 Å². The number of guanidine groups is 1. The van der Waals surface area contributed by atoms with E-state index < -0.39 is 41.0 Å². The third-order valence-electron chi connectivity index (χ3n) is 4.86. The van der Waals surface area contributed by atoms with Crippen molar-refractivity contribution in [2.45, 2.75) is 38.0 Å². The maximum absolute atomic E-state index is 13.0. The van der Waals surface area contributed by atoms with Crippen molar-refractivity contribution >= 4 is 23.9 Å². The van der Waals surface area contributed by atoms with Gasteiger partial charge in [0.15, 0.2) is 5.03 Å². The molecule has 2 atom stereocenters. The topological polar surface area (TPSA) is 198 Å². The third-order valence-corrected chi connectivity index (χ3v) is 4.86. The lowest BCUT2D eigenvalue weighted by molar-refractivity contribution is -0.525. The fourth-order valence-corrected chi connectivity index (χ4v) is 3.12. The average Bonchev–Trinajstić information content (AvgIpc) is 2.84. The van der Waals surface area contributed by atoms with Crippen LogP contribution in [-0.2, 0) is 27.4 Å². The summed E-state index contributed by atoms with van der Waals surface area (Å²) in [6, 6.07) is 15.5. The molecule has 0 radical (unpaired) electrons. The van der Waals surface area contributed by atoms with E-state index in [9.17, 15) is 29.6 Å². The molecule has 2 aromatic rings. The maximum Gasteiger partial charge on any atom is 0.408 e. The van der Waals surface area contributed by atoms with Crippen LogP contribution in [0.15, 0.2) is 65.7 Å².